The van der Waals surface area contributed by atoms with Gasteiger partial charge in [0.05, 0.1) is 0 Å². The fraction of sp³-hybridized carbons (Fsp3) is 0.0769. The van der Waals surface area contributed by atoms with Gasteiger partial charge in [0.25, 0.3) is 0 Å². The largest absolute Gasteiger partial charge is 0.508 e. The molecule has 0 saturated carbocycles. The highest BCUT2D eigenvalue weighted by atomic mass is 79.9. The van der Waals surface area contributed by atoms with Gasteiger partial charge >= 0.3 is 0 Å². The van der Waals surface area contributed by atoms with E-state index in [0.717, 1.165) is 0 Å². The van der Waals surface area contributed by atoms with Gasteiger partial charge in [-0.1, -0.05) is 22.0 Å². The number of rotatable bonds is 3. The number of halogens is 2. The molecule has 0 spiro atoms. The molecule has 0 unspecified atom stereocenters. The van der Waals surface area contributed by atoms with E-state index in [9.17, 15) is 4.39 Å². The van der Waals surface area contributed by atoms with Crippen LogP contribution in [0.25, 0.3) is 0 Å². The van der Waals surface area contributed by atoms with Gasteiger partial charge in [0.15, 0.2) is 0 Å². The van der Waals surface area contributed by atoms with Crippen LogP contribution in [0.4, 0.5) is 4.39 Å². The molecule has 2 aromatic carbocycles. The third kappa shape index (κ3) is 3.20. The van der Waals surface area contributed by atoms with Crippen LogP contribution in [0.5, 0.6) is 11.5 Å². The normalized spacial score (nSPS) is 10.2. The highest BCUT2D eigenvalue weighted by Gasteiger charge is 2.03. The Bertz CT molecular complexity index is 511. The Kier molecular flexibility index (Phi) is 3.64. The second-order valence-electron chi connectivity index (χ2n) is 3.52. The van der Waals surface area contributed by atoms with Crippen molar-refractivity contribution in [1.82, 2.24) is 0 Å². The molecule has 0 aliphatic heterocycles. The quantitative estimate of drug-likeness (QED) is 0.931. The molecule has 17 heavy (non-hydrogen) atoms. The molecule has 0 radical (unpaired) electrons. The second kappa shape index (κ2) is 5.19. The van der Waals surface area contributed by atoms with Crippen molar-refractivity contribution in [1.29, 1.82) is 0 Å². The predicted molar refractivity (Wildman–Crippen MR) is 66.5 cm³/mol. The third-order valence-corrected chi connectivity index (χ3v) is 2.74. The molecule has 0 bridgehead atoms. The monoisotopic (exact) mass is 296 g/mol. The van der Waals surface area contributed by atoms with Crippen LogP contribution in [0.1, 0.15) is 5.56 Å². The second-order valence-corrected chi connectivity index (χ2v) is 4.43. The summed E-state index contributed by atoms with van der Waals surface area (Å²) in [6.45, 7) is 0.157. The molecular weight excluding hydrogens is 287 g/mol. The average Bonchev–Trinajstić information content (AvgIpc) is 2.30. The molecule has 88 valence electrons. The maximum atomic E-state index is 13.5. The van der Waals surface area contributed by atoms with Gasteiger partial charge in [-0.15, -0.1) is 0 Å². The zero-order valence-electron chi connectivity index (χ0n) is 8.86. The number of phenols is 1. The van der Waals surface area contributed by atoms with Crippen molar-refractivity contribution in [2.45, 2.75) is 6.61 Å². The van der Waals surface area contributed by atoms with E-state index in [1.54, 1.807) is 24.3 Å². The van der Waals surface area contributed by atoms with Crippen LogP contribution in [-0.4, -0.2) is 5.11 Å². The van der Waals surface area contributed by atoms with Crippen molar-refractivity contribution >= 4 is 15.9 Å². The number of hydrogen-bond donors (Lipinski definition) is 1. The molecule has 1 N–H and O–H groups in total. The van der Waals surface area contributed by atoms with Crippen molar-refractivity contribution in [3.8, 4) is 11.5 Å². The first-order valence-corrected chi connectivity index (χ1v) is 5.80. The Morgan fingerprint density at radius 3 is 2.47 bits per heavy atom. The molecule has 4 heteroatoms. The van der Waals surface area contributed by atoms with Crippen LogP contribution >= 0.6 is 15.9 Å². The van der Waals surface area contributed by atoms with Crippen LogP contribution in [0.3, 0.4) is 0 Å². The lowest BCUT2D eigenvalue weighted by molar-refractivity contribution is 0.299. The maximum Gasteiger partial charge on any atom is 0.130 e. The molecule has 0 aromatic heterocycles. The molecule has 0 saturated heterocycles. The molecular formula is C13H10BrFO2. The molecule has 2 rings (SSSR count). The summed E-state index contributed by atoms with van der Waals surface area (Å²) in [4.78, 5) is 0. The van der Waals surface area contributed by atoms with Crippen molar-refractivity contribution in [3.05, 3.63) is 58.3 Å². The van der Waals surface area contributed by atoms with E-state index in [-0.39, 0.29) is 18.2 Å². The summed E-state index contributed by atoms with van der Waals surface area (Å²) in [5.41, 5.74) is 0.487. The smallest absolute Gasteiger partial charge is 0.130 e. The van der Waals surface area contributed by atoms with Crippen LogP contribution in [-0.2, 0) is 6.61 Å². The Labute approximate surface area is 107 Å². The number of benzene rings is 2. The number of aromatic hydroxyl groups is 1. The van der Waals surface area contributed by atoms with E-state index in [1.807, 2.05) is 0 Å². The summed E-state index contributed by atoms with van der Waals surface area (Å²) in [6.07, 6.45) is 0. The fourth-order valence-electron chi connectivity index (χ4n) is 1.34. The van der Waals surface area contributed by atoms with Crippen LogP contribution in [0.15, 0.2) is 46.9 Å². The van der Waals surface area contributed by atoms with Crippen molar-refractivity contribution in [3.63, 3.8) is 0 Å². The standard InChI is InChI=1S/C13H10BrFO2/c14-10-2-1-9(13(15)7-10)8-17-12-5-3-11(16)4-6-12/h1-7,16H,8H2. The molecule has 0 atom stereocenters. The van der Waals surface area contributed by atoms with Gasteiger partial charge in [0, 0.05) is 10.0 Å². The topological polar surface area (TPSA) is 29.5 Å². The molecule has 0 aliphatic carbocycles. The van der Waals surface area contributed by atoms with Crippen molar-refractivity contribution < 1.29 is 14.2 Å². The van der Waals surface area contributed by atoms with E-state index in [4.69, 9.17) is 9.84 Å². The van der Waals surface area contributed by atoms with Gasteiger partial charge < -0.3 is 9.84 Å². The molecule has 0 heterocycles. The molecule has 0 fully saturated rings. The zero-order chi connectivity index (χ0) is 12.3. The van der Waals surface area contributed by atoms with Crippen molar-refractivity contribution in [2.24, 2.45) is 0 Å². The Hall–Kier alpha value is -1.55. The average molecular weight is 297 g/mol. The fourth-order valence-corrected chi connectivity index (χ4v) is 1.68. The number of phenolic OH excluding ortho intramolecular Hbond substituents is 1. The molecule has 0 aliphatic rings. The van der Waals surface area contributed by atoms with Crippen LogP contribution in [0.2, 0.25) is 0 Å². The number of ether oxygens (including phenoxy) is 1. The van der Waals surface area contributed by atoms with E-state index in [1.165, 1.54) is 18.2 Å². The summed E-state index contributed by atoms with van der Waals surface area (Å²) in [5.74, 6) is 0.454. The van der Waals surface area contributed by atoms with E-state index >= 15 is 0 Å². The van der Waals surface area contributed by atoms with E-state index in [2.05, 4.69) is 15.9 Å². The first-order valence-electron chi connectivity index (χ1n) is 5.01. The minimum atomic E-state index is -0.307. The summed E-state index contributed by atoms with van der Waals surface area (Å²) in [6, 6.07) is 11.1. The van der Waals surface area contributed by atoms with Gasteiger partial charge in [0.2, 0.25) is 0 Å². The lowest BCUT2D eigenvalue weighted by Gasteiger charge is -2.07. The first kappa shape index (κ1) is 11.9. The minimum absolute atomic E-state index is 0.157. The zero-order valence-corrected chi connectivity index (χ0v) is 10.4. The van der Waals surface area contributed by atoms with E-state index in [0.29, 0.717) is 15.8 Å². The van der Waals surface area contributed by atoms with Gasteiger partial charge in [-0.25, -0.2) is 4.39 Å². The van der Waals surface area contributed by atoms with Crippen molar-refractivity contribution in [2.75, 3.05) is 0 Å². The summed E-state index contributed by atoms with van der Waals surface area (Å²) in [7, 11) is 0. The molecule has 0 amide bonds. The van der Waals surface area contributed by atoms with E-state index < -0.39 is 0 Å². The summed E-state index contributed by atoms with van der Waals surface area (Å²) in [5, 5.41) is 9.10. The van der Waals surface area contributed by atoms with Gasteiger partial charge in [-0.3, -0.25) is 0 Å². The summed E-state index contributed by atoms with van der Waals surface area (Å²) >= 11 is 3.19. The predicted octanol–water partition coefficient (Wildman–Crippen LogP) is 3.87. The lowest BCUT2D eigenvalue weighted by Crippen LogP contribution is -1.98. The maximum absolute atomic E-state index is 13.5. The van der Waals surface area contributed by atoms with Gasteiger partial charge in [0.1, 0.15) is 23.9 Å². The lowest BCUT2D eigenvalue weighted by atomic mass is 10.2. The highest BCUT2D eigenvalue weighted by Crippen LogP contribution is 2.19. The Balaban J connectivity index is 2.04. The number of hydrogen-bond acceptors (Lipinski definition) is 2. The minimum Gasteiger partial charge on any atom is -0.508 e. The molecule has 2 nitrogen and oxygen atoms in total. The first-order chi connectivity index (χ1) is 8.15. The third-order valence-electron chi connectivity index (χ3n) is 2.25. The van der Waals surface area contributed by atoms with Gasteiger partial charge in [-0.05, 0) is 36.4 Å². The highest BCUT2D eigenvalue weighted by molar-refractivity contribution is 9.10. The van der Waals surface area contributed by atoms with Gasteiger partial charge in [-0.2, -0.15) is 0 Å². The van der Waals surface area contributed by atoms with Crippen LogP contribution in [0, 0.1) is 5.82 Å². The van der Waals surface area contributed by atoms with Crippen LogP contribution < -0.4 is 4.74 Å². The SMILES string of the molecule is Oc1ccc(OCc2ccc(Br)cc2F)cc1. The Morgan fingerprint density at radius 1 is 1.12 bits per heavy atom. The molecule has 2 aromatic rings. The summed E-state index contributed by atoms with van der Waals surface area (Å²) < 4.78 is 19.6. The Morgan fingerprint density at radius 2 is 1.82 bits per heavy atom.